The maximum Gasteiger partial charge on any atom is 0.263 e. The summed E-state index contributed by atoms with van der Waals surface area (Å²) in [5, 5.41) is 4.09. The van der Waals surface area contributed by atoms with Gasteiger partial charge in [0.1, 0.15) is 9.71 Å². The van der Waals surface area contributed by atoms with Gasteiger partial charge in [-0.1, -0.05) is 0 Å². The standard InChI is InChI=1S/C19H21N3O2S/c1-12-10-13(2)21-19-15(12)16(22-7-3-4-8-22)17(25-19)18(23)20-11-14-6-5-9-24-14/h3-4,7-8,10,14H,5-6,9,11H2,1-2H3,(H,20,23)/t14-/m1/s1. The minimum absolute atomic E-state index is 0.0562. The van der Waals surface area contributed by atoms with Crippen molar-refractivity contribution in [1.29, 1.82) is 0 Å². The molecule has 0 spiro atoms. The van der Waals surface area contributed by atoms with E-state index in [0.29, 0.717) is 11.4 Å². The van der Waals surface area contributed by atoms with Gasteiger partial charge in [-0.05, 0) is 50.5 Å². The lowest BCUT2D eigenvalue weighted by atomic mass is 10.1. The van der Waals surface area contributed by atoms with Crippen LogP contribution in [-0.2, 0) is 4.74 Å². The quantitative estimate of drug-likeness (QED) is 0.778. The largest absolute Gasteiger partial charge is 0.376 e. The summed E-state index contributed by atoms with van der Waals surface area (Å²) in [5.74, 6) is -0.0562. The van der Waals surface area contributed by atoms with Gasteiger partial charge in [0.15, 0.2) is 0 Å². The molecule has 0 aliphatic carbocycles. The van der Waals surface area contributed by atoms with Crippen LogP contribution in [0, 0.1) is 13.8 Å². The van der Waals surface area contributed by atoms with Crippen molar-refractivity contribution in [3.05, 3.63) is 46.7 Å². The minimum Gasteiger partial charge on any atom is -0.376 e. The van der Waals surface area contributed by atoms with E-state index >= 15 is 0 Å². The third-order valence-electron chi connectivity index (χ3n) is 4.55. The number of aromatic nitrogens is 2. The number of carbonyl (C=O) groups excluding carboxylic acids is 1. The van der Waals surface area contributed by atoms with Gasteiger partial charge in [-0.25, -0.2) is 4.98 Å². The van der Waals surface area contributed by atoms with Crippen LogP contribution < -0.4 is 5.32 Å². The number of thiophene rings is 1. The molecule has 1 fully saturated rings. The smallest absolute Gasteiger partial charge is 0.263 e. The summed E-state index contributed by atoms with van der Waals surface area (Å²) in [4.78, 5) is 19.1. The van der Waals surface area contributed by atoms with Crippen LogP contribution in [0.3, 0.4) is 0 Å². The molecule has 0 unspecified atom stereocenters. The van der Waals surface area contributed by atoms with Crippen molar-refractivity contribution in [2.45, 2.75) is 32.8 Å². The highest BCUT2D eigenvalue weighted by Crippen LogP contribution is 2.35. The fourth-order valence-corrected chi connectivity index (χ4v) is 4.61. The molecule has 0 saturated carbocycles. The number of hydrogen-bond acceptors (Lipinski definition) is 4. The summed E-state index contributed by atoms with van der Waals surface area (Å²) in [5.41, 5.74) is 3.03. The molecule has 0 bridgehead atoms. The van der Waals surface area contributed by atoms with E-state index < -0.39 is 0 Å². The molecule has 6 heteroatoms. The number of amides is 1. The second-order valence-electron chi connectivity index (χ2n) is 6.48. The van der Waals surface area contributed by atoms with E-state index in [9.17, 15) is 4.79 Å². The SMILES string of the molecule is Cc1cc(C)c2c(-n3cccc3)c(C(=O)NC[C@H]3CCCO3)sc2n1. The molecule has 5 nitrogen and oxygen atoms in total. The summed E-state index contributed by atoms with van der Waals surface area (Å²) in [7, 11) is 0. The highest BCUT2D eigenvalue weighted by Gasteiger charge is 2.23. The molecule has 4 heterocycles. The Bertz CT molecular complexity index is 909. The van der Waals surface area contributed by atoms with Gasteiger partial charge < -0.3 is 14.6 Å². The van der Waals surface area contributed by atoms with E-state index in [1.807, 2.05) is 36.0 Å². The van der Waals surface area contributed by atoms with Crippen LogP contribution in [0.25, 0.3) is 15.9 Å². The molecule has 1 aliphatic rings. The molecule has 1 saturated heterocycles. The molecule has 1 N–H and O–H groups in total. The van der Waals surface area contributed by atoms with Crippen molar-refractivity contribution in [3.8, 4) is 5.69 Å². The zero-order valence-corrected chi connectivity index (χ0v) is 15.2. The van der Waals surface area contributed by atoms with Crippen LogP contribution >= 0.6 is 11.3 Å². The lowest BCUT2D eigenvalue weighted by Gasteiger charge is -2.11. The average Bonchev–Trinajstić information content (AvgIpc) is 3.31. The first-order valence-electron chi connectivity index (χ1n) is 8.57. The van der Waals surface area contributed by atoms with E-state index in [2.05, 4.69) is 23.3 Å². The van der Waals surface area contributed by atoms with Crippen LogP contribution in [0.15, 0.2) is 30.6 Å². The van der Waals surface area contributed by atoms with E-state index in [4.69, 9.17) is 4.74 Å². The van der Waals surface area contributed by atoms with Gasteiger partial charge in [-0.2, -0.15) is 0 Å². The van der Waals surface area contributed by atoms with Crippen molar-refractivity contribution in [2.24, 2.45) is 0 Å². The Morgan fingerprint density at radius 1 is 1.40 bits per heavy atom. The Balaban J connectivity index is 1.75. The van der Waals surface area contributed by atoms with E-state index in [1.165, 1.54) is 11.3 Å². The molecular formula is C19H21N3O2S. The summed E-state index contributed by atoms with van der Waals surface area (Å²) >= 11 is 1.46. The molecule has 1 amide bonds. The molecule has 3 aromatic heterocycles. The van der Waals surface area contributed by atoms with Crippen molar-refractivity contribution < 1.29 is 9.53 Å². The Morgan fingerprint density at radius 2 is 2.20 bits per heavy atom. The van der Waals surface area contributed by atoms with Crippen LogP contribution in [0.4, 0.5) is 0 Å². The molecule has 1 atom stereocenters. The second-order valence-corrected chi connectivity index (χ2v) is 7.47. The number of rotatable bonds is 4. The predicted molar refractivity (Wildman–Crippen MR) is 99.7 cm³/mol. The summed E-state index contributed by atoms with van der Waals surface area (Å²) in [6.45, 7) is 5.41. The predicted octanol–water partition coefficient (Wildman–Crippen LogP) is 3.61. The Labute approximate surface area is 150 Å². The summed E-state index contributed by atoms with van der Waals surface area (Å²) in [6.07, 6.45) is 6.16. The topological polar surface area (TPSA) is 56.2 Å². The molecule has 0 radical (unpaired) electrons. The number of fused-ring (bicyclic) bond motifs is 1. The van der Waals surface area contributed by atoms with Crippen LogP contribution in [0.2, 0.25) is 0 Å². The molecule has 1 aliphatic heterocycles. The van der Waals surface area contributed by atoms with Gasteiger partial charge in [0.25, 0.3) is 5.91 Å². The fraction of sp³-hybridized carbons (Fsp3) is 0.368. The van der Waals surface area contributed by atoms with Crippen molar-refractivity contribution in [1.82, 2.24) is 14.9 Å². The maximum atomic E-state index is 12.9. The first-order chi connectivity index (χ1) is 12.1. The normalized spacial score (nSPS) is 17.3. The first-order valence-corrected chi connectivity index (χ1v) is 9.39. The lowest BCUT2D eigenvalue weighted by Crippen LogP contribution is -2.31. The van der Waals surface area contributed by atoms with Gasteiger partial charge >= 0.3 is 0 Å². The number of pyridine rings is 1. The van der Waals surface area contributed by atoms with E-state index in [-0.39, 0.29) is 12.0 Å². The van der Waals surface area contributed by atoms with Crippen LogP contribution in [0.5, 0.6) is 0 Å². The third-order valence-corrected chi connectivity index (χ3v) is 5.62. The van der Waals surface area contributed by atoms with Gasteiger partial charge in [-0.15, -0.1) is 11.3 Å². The first kappa shape index (κ1) is 16.3. The second kappa shape index (κ2) is 6.61. The number of nitrogens with zero attached hydrogens (tertiary/aromatic N) is 2. The third kappa shape index (κ3) is 3.07. The van der Waals surface area contributed by atoms with Crippen molar-refractivity contribution in [2.75, 3.05) is 13.2 Å². The number of carbonyl (C=O) groups is 1. The lowest BCUT2D eigenvalue weighted by molar-refractivity contribution is 0.0861. The van der Waals surface area contributed by atoms with Gasteiger partial charge in [0.05, 0.1) is 11.8 Å². The molecule has 130 valence electrons. The summed E-state index contributed by atoms with van der Waals surface area (Å²) < 4.78 is 7.61. The van der Waals surface area contributed by atoms with Crippen molar-refractivity contribution >= 4 is 27.5 Å². The number of aryl methyl sites for hydroxylation is 2. The molecular weight excluding hydrogens is 334 g/mol. The van der Waals surface area contributed by atoms with Crippen molar-refractivity contribution in [3.63, 3.8) is 0 Å². The molecule has 25 heavy (non-hydrogen) atoms. The monoisotopic (exact) mass is 355 g/mol. The number of ether oxygens (including phenoxy) is 1. The Kier molecular flexibility index (Phi) is 4.31. The Morgan fingerprint density at radius 3 is 2.92 bits per heavy atom. The molecule has 0 aromatic carbocycles. The summed E-state index contributed by atoms with van der Waals surface area (Å²) in [6, 6.07) is 6.00. The fourth-order valence-electron chi connectivity index (χ4n) is 3.40. The Hall–Kier alpha value is -2.18. The van der Waals surface area contributed by atoms with Gasteiger partial charge in [0, 0.05) is 36.6 Å². The zero-order valence-electron chi connectivity index (χ0n) is 14.4. The minimum atomic E-state index is -0.0562. The highest BCUT2D eigenvalue weighted by molar-refractivity contribution is 7.21. The van der Waals surface area contributed by atoms with Gasteiger partial charge in [0.2, 0.25) is 0 Å². The van der Waals surface area contributed by atoms with E-state index in [1.54, 1.807) is 0 Å². The van der Waals surface area contributed by atoms with Crippen LogP contribution in [-0.4, -0.2) is 34.7 Å². The van der Waals surface area contributed by atoms with E-state index in [0.717, 1.165) is 46.6 Å². The van der Waals surface area contributed by atoms with Crippen LogP contribution in [0.1, 0.15) is 33.8 Å². The van der Waals surface area contributed by atoms with Gasteiger partial charge in [-0.3, -0.25) is 4.79 Å². The maximum absolute atomic E-state index is 12.9. The molecule has 4 rings (SSSR count). The number of hydrogen-bond donors (Lipinski definition) is 1. The molecule has 3 aromatic rings. The average molecular weight is 355 g/mol. The number of nitrogens with one attached hydrogen (secondary N) is 1. The highest BCUT2D eigenvalue weighted by atomic mass is 32.1. The zero-order chi connectivity index (χ0) is 17.4.